The zero-order valence-electron chi connectivity index (χ0n) is 15.5. The van der Waals surface area contributed by atoms with Crippen LogP contribution in [0.25, 0.3) is 0 Å². The molecule has 2 aliphatic rings. The van der Waals surface area contributed by atoms with Gasteiger partial charge in [-0.1, -0.05) is 32.6 Å². The third-order valence-electron chi connectivity index (χ3n) is 5.30. The number of likely N-dealkylation sites (tertiary alicyclic amines) is 1. The molecule has 1 saturated heterocycles. The fraction of sp³-hybridized carbons (Fsp3) is 0.889. The molecule has 1 aliphatic carbocycles. The van der Waals surface area contributed by atoms with Crippen molar-refractivity contribution in [1.82, 2.24) is 15.5 Å². The molecule has 6 nitrogen and oxygen atoms in total. The van der Waals surface area contributed by atoms with Gasteiger partial charge in [0.2, 0.25) is 5.91 Å². The van der Waals surface area contributed by atoms with Crippen LogP contribution in [0.1, 0.15) is 64.7 Å². The van der Waals surface area contributed by atoms with Crippen molar-refractivity contribution in [2.24, 2.45) is 11.7 Å². The Hall–Kier alpha value is -1.01. The van der Waals surface area contributed by atoms with Crippen LogP contribution in [-0.4, -0.2) is 48.6 Å². The zero-order chi connectivity index (χ0) is 17.4. The van der Waals surface area contributed by atoms with Crippen LogP contribution in [0.5, 0.6) is 0 Å². The van der Waals surface area contributed by atoms with Crippen molar-refractivity contribution < 1.29 is 9.59 Å². The summed E-state index contributed by atoms with van der Waals surface area (Å²) in [6.07, 6.45) is 9.41. The summed E-state index contributed by atoms with van der Waals surface area (Å²) in [6.45, 7) is 3.88. The zero-order valence-corrected chi connectivity index (χ0v) is 16.3. The summed E-state index contributed by atoms with van der Waals surface area (Å²) >= 11 is 0. The molecule has 3 amide bonds. The maximum atomic E-state index is 12.5. The van der Waals surface area contributed by atoms with Gasteiger partial charge < -0.3 is 21.3 Å². The van der Waals surface area contributed by atoms with Crippen LogP contribution in [0.2, 0.25) is 0 Å². The topological polar surface area (TPSA) is 87.5 Å². The maximum absolute atomic E-state index is 12.5. The van der Waals surface area contributed by atoms with E-state index in [1.165, 1.54) is 12.8 Å². The first-order chi connectivity index (χ1) is 11.6. The Bertz CT molecular complexity index is 416. The Kier molecular flexibility index (Phi) is 10.2. The van der Waals surface area contributed by atoms with Crippen LogP contribution >= 0.6 is 12.4 Å². The number of hydrogen-bond acceptors (Lipinski definition) is 3. The number of unbranched alkanes of at least 4 members (excludes halogenated alkanes) is 1. The minimum atomic E-state index is -0.108. The third kappa shape index (κ3) is 7.02. The molecule has 146 valence electrons. The fourth-order valence-electron chi connectivity index (χ4n) is 3.73. The lowest BCUT2D eigenvalue weighted by atomic mass is 9.96. The molecule has 0 aromatic heterocycles. The summed E-state index contributed by atoms with van der Waals surface area (Å²) in [4.78, 5) is 26.7. The molecule has 2 rings (SSSR count). The highest BCUT2D eigenvalue weighted by atomic mass is 35.5. The molecule has 2 fully saturated rings. The highest BCUT2D eigenvalue weighted by Crippen LogP contribution is 2.20. The van der Waals surface area contributed by atoms with E-state index >= 15 is 0 Å². The van der Waals surface area contributed by atoms with Gasteiger partial charge in [0.15, 0.2) is 0 Å². The lowest BCUT2D eigenvalue weighted by Crippen LogP contribution is -2.52. The molecule has 1 aliphatic heterocycles. The molecule has 4 N–H and O–H groups in total. The van der Waals surface area contributed by atoms with Gasteiger partial charge >= 0.3 is 6.03 Å². The quantitative estimate of drug-likeness (QED) is 0.639. The van der Waals surface area contributed by atoms with Gasteiger partial charge in [0.05, 0.1) is 5.92 Å². The summed E-state index contributed by atoms with van der Waals surface area (Å²) in [6, 6.07) is 0.378. The van der Waals surface area contributed by atoms with Gasteiger partial charge in [-0.05, 0) is 32.1 Å². The predicted molar refractivity (Wildman–Crippen MR) is 103 cm³/mol. The molecule has 2 atom stereocenters. The Morgan fingerprint density at radius 3 is 2.56 bits per heavy atom. The molecule has 1 saturated carbocycles. The summed E-state index contributed by atoms with van der Waals surface area (Å²) in [5.41, 5.74) is 5.77. The molecule has 0 radical (unpaired) electrons. The number of hydrogen-bond donors (Lipinski definition) is 3. The van der Waals surface area contributed by atoms with E-state index in [0.717, 1.165) is 51.5 Å². The molecule has 0 aromatic carbocycles. The van der Waals surface area contributed by atoms with Crippen LogP contribution in [0.3, 0.4) is 0 Å². The van der Waals surface area contributed by atoms with Crippen molar-refractivity contribution in [1.29, 1.82) is 0 Å². The lowest BCUT2D eigenvalue weighted by Gasteiger charge is -2.33. The highest BCUT2D eigenvalue weighted by molar-refractivity contribution is 5.85. The second kappa shape index (κ2) is 11.6. The standard InChI is InChI=1S/C18H34N4O2.ClH/c1-2-3-8-16(12-19)20-17(23)14-7-6-11-22(13-14)18(24)21-15-9-4-5-10-15;/h14-16H,2-13,19H2,1H3,(H,20,23)(H,21,24);1H. The first kappa shape index (κ1) is 22.0. The van der Waals surface area contributed by atoms with Gasteiger partial charge in [-0.15, -0.1) is 12.4 Å². The predicted octanol–water partition coefficient (Wildman–Crippen LogP) is 2.41. The highest BCUT2D eigenvalue weighted by Gasteiger charge is 2.30. The SMILES string of the molecule is CCCCC(CN)NC(=O)C1CCCN(C(=O)NC2CCCC2)C1.Cl. The first-order valence-corrected chi connectivity index (χ1v) is 9.70. The summed E-state index contributed by atoms with van der Waals surface area (Å²) in [5.74, 6) is -0.0522. The van der Waals surface area contributed by atoms with Crippen LogP contribution in [0.4, 0.5) is 4.79 Å². The van der Waals surface area contributed by atoms with E-state index in [1.807, 2.05) is 4.90 Å². The van der Waals surface area contributed by atoms with Crippen LogP contribution in [0, 0.1) is 5.92 Å². The van der Waals surface area contributed by atoms with E-state index in [-0.39, 0.29) is 36.3 Å². The number of carbonyl (C=O) groups is 2. The number of piperidine rings is 1. The number of carbonyl (C=O) groups excluding carboxylic acids is 2. The monoisotopic (exact) mass is 374 g/mol. The Balaban J connectivity index is 0.00000312. The van der Waals surface area contributed by atoms with Crippen LogP contribution < -0.4 is 16.4 Å². The Labute approximate surface area is 158 Å². The smallest absolute Gasteiger partial charge is 0.317 e. The Morgan fingerprint density at radius 2 is 1.92 bits per heavy atom. The second-order valence-electron chi connectivity index (χ2n) is 7.30. The molecule has 0 bridgehead atoms. The van der Waals surface area contributed by atoms with E-state index in [2.05, 4.69) is 17.6 Å². The van der Waals surface area contributed by atoms with Crippen molar-refractivity contribution in [2.75, 3.05) is 19.6 Å². The first-order valence-electron chi connectivity index (χ1n) is 9.70. The normalized spacial score (nSPS) is 22.2. The van der Waals surface area contributed by atoms with Crippen molar-refractivity contribution in [3.05, 3.63) is 0 Å². The van der Waals surface area contributed by atoms with Crippen molar-refractivity contribution >= 4 is 24.3 Å². The average molecular weight is 375 g/mol. The van der Waals surface area contributed by atoms with E-state index in [4.69, 9.17) is 5.73 Å². The number of halogens is 1. The lowest BCUT2D eigenvalue weighted by molar-refractivity contribution is -0.127. The number of nitrogens with one attached hydrogen (secondary N) is 2. The van der Waals surface area contributed by atoms with Crippen molar-refractivity contribution in [3.8, 4) is 0 Å². The second-order valence-corrected chi connectivity index (χ2v) is 7.30. The summed E-state index contributed by atoms with van der Waals surface area (Å²) < 4.78 is 0. The van der Waals surface area contributed by atoms with Crippen LogP contribution in [0.15, 0.2) is 0 Å². The van der Waals surface area contributed by atoms with Crippen LogP contribution in [-0.2, 0) is 4.79 Å². The molecule has 25 heavy (non-hydrogen) atoms. The molecule has 2 unspecified atom stereocenters. The van der Waals surface area contributed by atoms with Gasteiger partial charge in [-0.25, -0.2) is 4.79 Å². The number of rotatable bonds is 7. The number of nitrogens with zero attached hydrogens (tertiary/aromatic N) is 1. The van der Waals surface area contributed by atoms with E-state index < -0.39 is 0 Å². The van der Waals surface area contributed by atoms with Gasteiger partial charge in [-0.2, -0.15) is 0 Å². The average Bonchev–Trinajstić information content (AvgIpc) is 3.11. The molecular weight excluding hydrogens is 340 g/mol. The van der Waals surface area contributed by atoms with Gasteiger partial charge in [0, 0.05) is 31.7 Å². The van der Waals surface area contributed by atoms with Crippen molar-refractivity contribution in [3.63, 3.8) is 0 Å². The fourth-order valence-corrected chi connectivity index (χ4v) is 3.73. The number of nitrogens with two attached hydrogens (primary N) is 1. The van der Waals surface area contributed by atoms with E-state index in [1.54, 1.807) is 0 Å². The summed E-state index contributed by atoms with van der Waals surface area (Å²) in [7, 11) is 0. The van der Waals surface area contributed by atoms with E-state index in [9.17, 15) is 9.59 Å². The van der Waals surface area contributed by atoms with Gasteiger partial charge in [-0.3, -0.25) is 4.79 Å². The minimum absolute atomic E-state index is 0. The maximum Gasteiger partial charge on any atom is 0.317 e. The van der Waals surface area contributed by atoms with E-state index in [0.29, 0.717) is 19.1 Å². The largest absolute Gasteiger partial charge is 0.352 e. The molecule has 0 aromatic rings. The minimum Gasteiger partial charge on any atom is -0.352 e. The third-order valence-corrected chi connectivity index (χ3v) is 5.30. The summed E-state index contributed by atoms with van der Waals surface area (Å²) in [5, 5.41) is 6.20. The molecule has 0 spiro atoms. The van der Waals surface area contributed by atoms with Gasteiger partial charge in [0.25, 0.3) is 0 Å². The number of amides is 3. The molecule has 1 heterocycles. The Morgan fingerprint density at radius 1 is 1.20 bits per heavy atom. The van der Waals surface area contributed by atoms with Crippen molar-refractivity contribution in [2.45, 2.75) is 76.8 Å². The molecule has 7 heteroatoms. The molecular formula is C18H35ClN4O2. The number of urea groups is 1. The van der Waals surface area contributed by atoms with Gasteiger partial charge in [0.1, 0.15) is 0 Å².